The lowest BCUT2D eigenvalue weighted by Crippen LogP contribution is -2.24. The van der Waals surface area contributed by atoms with Gasteiger partial charge in [0.05, 0.1) is 0 Å². The molecule has 0 aliphatic carbocycles. The van der Waals surface area contributed by atoms with Gasteiger partial charge in [-0.1, -0.05) is 25.5 Å². The highest BCUT2D eigenvalue weighted by molar-refractivity contribution is 5.94. The molecule has 0 radical (unpaired) electrons. The molecule has 3 rings (SSSR count). The van der Waals surface area contributed by atoms with E-state index in [9.17, 15) is 4.79 Å². The first-order valence-corrected chi connectivity index (χ1v) is 7.34. The summed E-state index contributed by atoms with van der Waals surface area (Å²) in [6.07, 6.45) is 5.59. The summed E-state index contributed by atoms with van der Waals surface area (Å²) in [5, 5.41) is 11.1. The van der Waals surface area contributed by atoms with Gasteiger partial charge in [0.2, 0.25) is 0 Å². The Morgan fingerprint density at radius 2 is 2.05 bits per heavy atom. The van der Waals surface area contributed by atoms with Gasteiger partial charge in [-0.3, -0.25) is 9.20 Å². The molecule has 6 heteroatoms. The highest BCUT2D eigenvalue weighted by Gasteiger charge is 2.10. The van der Waals surface area contributed by atoms with E-state index in [-0.39, 0.29) is 5.91 Å². The summed E-state index contributed by atoms with van der Waals surface area (Å²) in [5.74, 6) is 1.22. The van der Waals surface area contributed by atoms with E-state index in [0.717, 1.165) is 18.4 Å². The predicted octanol–water partition coefficient (Wildman–Crippen LogP) is 2.32. The Balaban J connectivity index is 1.81. The number of fused-ring (bicyclic) bond motifs is 1. The molecule has 2 aromatic heterocycles. The lowest BCUT2D eigenvalue weighted by molar-refractivity contribution is 0.0953. The number of nitrogens with one attached hydrogen (secondary N) is 1. The Morgan fingerprint density at radius 3 is 2.82 bits per heavy atom. The van der Waals surface area contributed by atoms with Crippen molar-refractivity contribution >= 4 is 11.7 Å². The number of carbonyl (C=O) groups is 1. The maximum atomic E-state index is 12.0. The molecule has 1 aromatic carbocycles. The summed E-state index contributed by atoms with van der Waals surface area (Å²) in [4.78, 5) is 16.1. The van der Waals surface area contributed by atoms with Crippen molar-refractivity contribution < 1.29 is 4.79 Å². The molecule has 0 unspecified atom stereocenters. The molecule has 1 N–H and O–H groups in total. The zero-order valence-electron chi connectivity index (χ0n) is 12.4. The molecule has 3 aromatic rings. The van der Waals surface area contributed by atoms with Crippen molar-refractivity contribution in [2.24, 2.45) is 0 Å². The third-order valence-corrected chi connectivity index (χ3v) is 3.41. The van der Waals surface area contributed by atoms with Crippen LogP contribution in [0.4, 0.5) is 0 Å². The highest BCUT2D eigenvalue weighted by Crippen LogP contribution is 2.18. The second-order valence-electron chi connectivity index (χ2n) is 5.00. The quantitative estimate of drug-likeness (QED) is 0.733. The minimum Gasteiger partial charge on any atom is -0.352 e. The van der Waals surface area contributed by atoms with Gasteiger partial charge in [0.1, 0.15) is 0 Å². The fraction of sp³-hybridized carbons (Fsp3) is 0.250. The average molecular weight is 295 g/mol. The van der Waals surface area contributed by atoms with E-state index in [1.807, 2.05) is 28.8 Å². The topological polar surface area (TPSA) is 72.2 Å². The van der Waals surface area contributed by atoms with Crippen LogP contribution in [-0.4, -0.2) is 32.0 Å². The van der Waals surface area contributed by atoms with E-state index in [0.29, 0.717) is 23.7 Å². The van der Waals surface area contributed by atoms with Crippen LogP contribution in [0.15, 0.2) is 42.7 Å². The van der Waals surface area contributed by atoms with Gasteiger partial charge in [0.25, 0.3) is 11.7 Å². The molecule has 0 saturated heterocycles. The van der Waals surface area contributed by atoms with Gasteiger partial charge in [-0.25, -0.2) is 4.98 Å². The summed E-state index contributed by atoms with van der Waals surface area (Å²) in [6, 6.07) is 9.17. The number of nitrogens with zero attached hydrogens (tertiary/aromatic N) is 4. The van der Waals surface area contributed by atoms with E-state index >= 15 is 0 Å². The van der Waals surface area contributed by atoms with Crippen molar-refractivity contribution in [2.75, 3.05) is 6.54 Å². The zero-order chi connectivity index (χ0) is 15.4. The first-order chi connectivity index (χ1) is 10.8. The van der Waals surface area contributed by atoms with Gasteiger partial charge < -0.3 is 5.32 Å². The highest BCUT2D eigenvalue weighted by atomic mass is 16.1. The van der Waals surface area contributed by atoms with Crippen LogP contribution in [0.3, 0.4) is 0 Å². The summed E-state index contributed by atoms with van der Waals surface area (Å²) < 4.78 is 1.82. The van der Waals surface area contributed by atoms with E-state index in [2.05, 4.69) is 27.4 Å². The summed E-state index contributed by atoms with van der Waals surface area (Å²) >= 11 is 0. The third-order valence-electron chi connectivity index (χ3n) is 3.41. The Bertz CT molecular complexity index is 779. The van der Waals surface area contributed by atoms with Crippen molar-refractivity contribution in [1.82, 2.24) is 24.9 Å². The number of rotatable bonds is 5. The van der Waals surface area contributed by atoms with Crippen LogP contribution >= 0.6 is 0 Å². The molecule has 1 amide bonds. The van der Waals surface area contributed by atoms with Crippen molar-refractivity contribution in [2.45, 2.75) is 19.8 Å². The number of hydrogen-bond acceptors (Lipinski definition) is 4. The summed E-state index contributed by atoms with van der Waals surface area (Å²) in [6.45, 7) is 2.80. The predicted molar refractivity (Wildman–Crippen MR) is 83.5 cm³/mol. The molecule has 2 heterocycles. The number of carbonyl (C=O) groups excluding carboxylic acids is 1. The van der Waals surface area contributed by atoms with E-state index < -0.39 is 0 Å². The largest absolute Gasteiger partial charge is 0.352 e. The Kier molecular flexibility index (Phi) is 4.09. The number of unbranched alkanes of at least 4 members (excludes halogenated alkanes) is 1. The van der Waals surface area contributed by atoms with Crippen LogP contribution in [-0.2, 0) is 0 Å². The maximum Gasteiger partial charge on any atom is 0.255 e. The molecule has 0 spiro atoms. The number of benzene rings is 1. The Hall–Kier alpha value is -2.76. The van der Waals surface area contributed by atoms with E-state index in [1.165, 1.54) is 0 Å². The van der Waals surface area contributed by atoms with Gasteiger partial charge in [0, 0.05) is 30.1 Å². The van der Waals surface area contributed by atoms with Crippen molar-refractivity contribution in [3.05, 3.63) is 48.3 Å². The molecular formula is C16H17N5O. The molecule has 112 valence electrons. The third kappa shape index (κ3) is 2.81. The van der Waals surface area contributed by atoms with Crippen LogP contribution in [0.25, 0.3) is 17.2 Å². The summed E-state index contributed by atoms with van der Waals surface area (Å²) in [7, 11) is 0. The van der Waals surface area contributed by atoms with Crippen LogP contribution < -0.4 is 5.32 Å². The molecular weight excluding hydrogens is 278 g/mol. The minimum absolute atomic E-state index is 0.0484. The van der Waals surface area contributed by atoms with E-state index in [4.69, 9.17) is 0 Å². The molecule has 0 saturated carbocycles. The maximum absolute atomic E-state index is 12.0. The van der Waals surface area contributed by atoms with Gasteiger partial charge in [-0.05, 0) is 24.6 Å². The molecule has 0 atom stereocenters. The normalized spacial score (nSPS) is 10.8. The smallest absolute Gasteiger partial charge is 0.255 e. The minimum atomic E-state index is -0.0484. The van der Waals surface area contributed by atoms with Gasteiger partial charge in [-0.2, -0.15) is 0 Å². The molecule has 0 aliphatic heterocycles. The molecule has 6 nitrogen and oxygen atoms in total. The Labute approximate surface area is 128 Å². The monoisotopic (exact) mass is 295 g/mol. The van der Waals surface area contributed by atoms with Crippen LogP contribution in [0.2, 0.25) is 0 Å². The van der Waals surface area contributed by atoms with Crippen molar-refractivity contribution in [1.29, 1.82) is 0 Å². The van der Waals surface area contributed by atoms with Crippen molar-refractivity contribution in [3.63, 3.8) is 0 Å². The first-order valence-electron chi connectivity index (χ1n) is 7.34. The molecule has 0 aliphatic rings. The van der Waals surface area contributed by atoms with Gasteiger partial charge in [-0.15, -0.1) is 10.2 Å². The first kappa shape index (κ1) is 14.2. The van der Waals surface area contributed by atoms with Crippen LogP contribution in [0.1, 0.15) is 30.1 Å². The van der Waals surface area contributed by atoms with Gasteiger partial charge >= 0.3 is 0 Å². The number of hydrogen-bond donors (Lipinski definition) is 1. The van der Waals surface area contributed by atoms with Gasteiger partial charge in [0.15, 0.2) is 5.82 Å². The zero-order valence-corrected chi connectivity index (χ0v) is 12.4. The standard InChI is InChI=1S/C16H17N5O/c1-2-3-9-17-15(22)13-7-5-12(6-8-13)14-19-20-16-18-10-4-11-21(14)16/h4-8,10-11H,2-3,9H2,1H3,(H,17,22). The second-order valence-corrected chi connectivity index (χ2v) is 5.00. The van der Waals surface area contributed by atoms with E-state index in [1.54, 1.807) is 18.3 Å². The molecule has 0 fully saturated rings. The van der Waals surface area contributed by atoms with Crippen molar-refractivity contribution in [3.8, 4) is 11.4 Å². The molecule has 22 heavy (non-hydrogen) atoms. The lowest BCUT2D eigenvalue weighted by Gasteiger charge is -2.05. The number of amides is 1. The number of aromatic nitrogens is 4. The summed E-state index contributed by atoms with van der Waals surface area (Å²) in [5.41, 5.74) is 1.54. The van der Waals surface area contributed by atoms with Crippen LogP contribution in [0.5, 0.6) is 0 Å². The fourth-order valence-electron chi connectivity index (χ4n) is 2.19. The average Bonchev–Trinajstić information content (AvgIpc) is 2.99. The Morgan fingerprint density at radius 1 is 1.23 bits per heavy atom. The fourth-order valence-corrected chi connectivity index (χ4v) is 2.19. The van der Waals surface area contributed by atoms with Crippen LogP contribution in [0, 0.1) is 0 Å². The lowest BCUT2D eigenvalue weighted by atomic mass is 10.1. The SMILES string of the molecule is CCCCNC(=O)c1ccc(-c2nnc3ncccn23)cc1. The second kappa shape index (κ2) is 6.34. The molecule has 0 bridgehead atoms.